The normalized spacial score (nSPS) is 36.1. The van der Waals surface area contributed by atoms with Crippen molar-refractivity contribution in [2.24, 2.45) is 5.73 Å². The lowest BCUT2D eigenvalue weighted by atomic mass is 10.1. The molecule has 4 atom stereocenters. The molecule has 0 amide bonds. The summed E-state index contributed by atoms with van der Waals surface area (Å²) in [5, 5.41) is 0. The summed E-state index contributed by atoms with van der Waals surface area (Å²) < 4.78 is 17.1. The molecule has 0 unspecified atom stereocenters. The summed E-state index contributed by atoms with van der Waals surface area (Å²) in [5.41, 5.74) is 7.05. The Balaban J connectivity index is 1.57. The van der Waals surface area contributed by atoms with Crippen molar-refractivity contribution in [2.75, 3.05) is 13.2 Å². The minimum atomic E-state index is -0.00896. The third kappa shape index (κ3) is 2.21. The van der Waals surface area contributed by atoms with E-state index in [1.807, 2.05) is 18.2 Å². The maximum Gasteiger partial charge on any atom is 0.114 e. The maximum atomic E-state index is 5.88. The van der Waals surface area contributed by atoms with Gasteiger partial charge in [-0.2, -0.15) is 0 Å². The van der Waals surface area contributed by atoms with Crippen LogP contribution in [-0.4, -0.2) is 37.6 Å². The van der Waals surface area contributed by atoms with Gasteiger partial charge in [-0.25, -0.2) is 0 Å². The largest absolute Gasteiger partial charge is 0.371 e. The molecule has 3 rings (SSSR count). The second kappa shape index (κ2) is 4.74. The minimum absolute atomic E-state index is 0.00807. The SMILES string of the molecule is N[C@@H]1CO[C@@H]2[C@H]1OC[C@@H]2OCc1ccccc1. The summed E-state index contributed by atoms with van der Waals surface area (Å²) in [6.45, 7) is 1.74. The maximum absolute atomic E-state index is 5.88. The number of benzene rings is 1. The number of ether oxygens (including phenoxy) is 3. The second-order valence-electron chi connectivity index (χ2n) is 4.59. The Kier molecular flexibility index (Phi) is 3.11. The van der Waals surface area contributed by atoms with Crippen LogP contribution in [0, 0.1) is 0 Å². The fourth-order valence-electron chi connectivity index (χ4n) is 2.41. The van der Waals surface area contributed by atoms with E-state index in [2.05, 4.69) is 12.1 Å². The van der Waals surface area contributed by atoms with Gasteiger partial charge in [-0.15, -0.1) is 0 Å². The van der Waals surface area contributed by atoms with Crippen LogP contribution >= 0.6 is 0 Å². The van der Waals surface area contributed by atoms with Crippen LogP contribution in [0.3, 0.4) is 0 Å². The first-order valence-corrected chi connectivity index (χ1v) is 5.99. The zero-order valence-corrected chi connectivity index (χ0v) is 9.62. The standard InChI is InChI=1S/C13H17NO3/c14-10-7-16-13-11(8-17-12(10)13)15-6-9-4-2-1-3-5-9/h1-5,10-13H,6-8,14H2/t10-,11+,12+,13+/m1/s1. The molecule has 2 heterocycles. The summed E-state index contributed by atoms with van der Waals surface area (Å²) in [5.74, 6) is 0. The van der Waals surface area contributed by atoms with E-state index < -0.39 is 0 Å². The van der Waals surface area contributed by atoms with Gasteiger partial charge in [0.05, 0.1) is 25.9 Å². The van der Waals surface area contributed by atoms with Gasteiger partial charge in [0.2, 0.25) is 0 Å². The van der Waals surface area contributed by atoms with Gasteiger partial charge in [-0.3, -0.25) is 0 Å². The zero-order valence-electron chi connectivity index (χ0n) is 9.62. The molecule has 2 aliphatic heterocycles. The van der Waals surface area contributed by atoms with Crippen LogP contribution < -0.4 is 5.73 Å². The molecule has 2 aliphatic rings. The van der Waals surface area contributed by atoms with Gasteiger partial charge in [0, 0.05) is 0 Å². The Labute approximate surface area is 101 Å². The highest BCUT2D eigenvalue weighted by Crippen LogP contribution is 2.28. The molecule has 0 saturated carbocycles. The van der Waals surface area contributed by atoms with Gasteiger partial charge >= 0.3 is 0 Å². The molecule has 0 spiro atoms. The summed E-state index contributed by atoms with van der Waals surface area (Å²) in [6, 6.07) is 10.1. The van der Waals surface area contributed by atoms with E-state index >= 15 is 0 Å². The first kappa shape index (κ1) is 11.2. The third-order valence-corrected chi connectivity index (χ3v) is 3.35. The first-order chi connectivity index (χ1) is 8.34. The topological polar surface area (TPSA) is 53.7 Å². The molecular formula is C13H17NO3. The summed E-state index contributed by atoms with van der Waals surface area (Å²) in [4.78, 5) is 0. The molecule has 2 N–H and O–H groups in total. The highest BCUT2D eigenvalue weighted by Gasteiger charge is 2.46. The fraction of sp³-hybridized carbons (Fsp3) is 0.538. The summed E-state index contributed by atoms with van der Waals surface area (Å²) in [6.07, 6.45) is 0.0261. The predicted octanol–water partition coefficient (Wildman–Crippen LogP) is 0.697. The molecular weight excluding hydrogens is 218 g/mol. The Morgan fingerprint density at radius 1 is 1.12 bits per heavy atom. The summed E-state index contributed by atoms with van der Waals surface area (Å²) in [7, 11) is 0. The molecule has 0 radical (unpaired) electrons. The van der Waals surface area contributed by atoms with Crippen molar-refractivity contribution >= 4 is 0 Å². The number of fused-ring (bicyclic) bond motifs is 1. The van der Waals surface area contributed by atoms with Crippen molar-refractivity contribution in [2.45, 2.75) is 31.0 Å². The van der Waals surface area contributed by atoms with Crippen LogP contribution in [-0.2, 0) is 20.8 Å². The van der Waals surface area contributed by atoms with Gasteiger partial charge < -0.3 is 19.9 Å². The van der Waals surface area contributed by atoms with Crippen LogP contribution in [0.1, 0.15) is 5.56 Å². The van der Waals surface area contributed by atoms with Crippen LogP contribution in [0.25, 0.3) is 0 Å². The van der Waals surface area contributed by atoms with E-state index in [0.717, 1.165) is 0 Å². The van der Waals surface area contributed by atoms with Crippen LogP contribution in [0.4, 0.5) is 0 Å². The van der Waals surface area contributed by atoms with E-state index in [4.69, 9.17) is 19.9 Å². The molecule has 1 aromatic carbocycles. The molecule has 0 aromatic heterocycles. The number of hydrogen-bond acceptors (Lipinski definition) is 4. The molecule has 1 aromatic rings. The van der Waals surface area contributed by atoms with Crippen molar-refractivity contribution < 1.29 is 14.2 Å². The molecule has 4 nitrogen and oxygen atoms in total. The molecule has 92 valence electrons. The monoisotopic (exact) mass is 235 g/mol. The lowest BCUT2D eigenvalue weighted by Crippen LogP contribution is -2.37. The highest BCUT2D eigenvalue weighted by molar-refractivity contribution is 5.13. The van der Waals surface area contributed by atoms with E-state index in [1.54, 1.807) is 0 Å². The third-order valence-electron chi connectivity index (χ3n) is 3.35. The lowest BCUT2D eigenvalue weighted by Gasteiger charge is -2.16. The van der Waals surface area contributed by atoms with Crippen LogP contribution in [0.5, 0.6) is 0 Å². The van der Waals surface area contributed by atoms with Gasteiger partial charge in [0.1, 0.15) is 18.3 Å². The van der Waals surface area contributed by atoms with E-state index in [1.165, 1.54) is 5.56 Å². The van der Waals surface area contributed by atoms with E-state index in [9.17, 15) is 0 Å². The number of rotatable bonds is 3. The number of nitrogens with two attached hydrogens (primary N) is 1. The van der Waals surface area contributed by atoms with Gasteiger partial charge in [-0.1, -0.05) is 30.3 Å². The van der Waals surface area contributed by atoms with E-state index in [0.29, 0.717) is 19.8 Å². The second-order valence-corrected chi connectivity index (χ2v) is 4.59. The first-order valence-electron chi connectivity index (χ1n) is 5.99. The fourth-order valence-corrected chi connectivity index (χ4v) is 2.41. The number of hydrogen-bond donors (Lipinski definition) is 1. The van der Waals surface area contributed by atoms with Gasteiger partial charge in [-0.05, 0) is 5.56 Å². The van der Waals surface area contributed by atoms with Gasteiger partial charge in [0.15, 0.2) is 0 Å². The molecule has 17 heavy (non-hydrogen) atoms. The van der Waals surface area contributed by atoms with Crippen molar-refractivity contribution in [1.29, 1.82) is 0 Å². The molecule has 4 heteroatoms. The lowest BCUT2D eigenvalue weighted by molar-refractivity contribution is -0.0389. The molecule has 2 fully saturated rings. The smallest absolute Gasteiger partial charge is 0.114 e. The van der Waals surface area contributed by atoms with Crippen LogP contribution in [0.15, 0.2) is 30.3 Å². The van der Waals surface area contributed by atoms with Crippen molar-refractivity contribution in [1.82, 2.24) is 0 Å². The van der Waals surface area contributed by atoms with Crippen molar-refractivity contribution in [3.63, 3.8) is 0 Å². The van der Waals surface area contributed by atoms with Gasteiger partial charge in [0.25, 0.3) is 0 Å². The Morgan fingerprint density at radius 3 is 2.71 bits per heavy atom. The quantitative estimate of drug-likeness (QED) is 0.837. The highest BCUT2D eigenvalue weighted by atomic mass is 16.6. The Morgan fingerprint density at radius 2 is 1.88 bits per heavy atom. The minimum Gasteiger partial charge on any atom is -0.371 e. The summed E-state index contributed by atoms with van der Waals surface area (Å²) >= 11 is 0. The molecule has 2 saturated heterocycles. The van der Waals surface area contributed by atoms with E-state index in [-0.39, 0.29) is 24.4 Å². The average molecular weight is 235 g/mol. The predicted molar refractivity (Wildman–Crippen MR) is 62.5 cm³/mol. The Hall–Kier alpha value is -0.940. The molecule has 0 bridgehead atoms. The molecule has 0 aliphatic carbocycles. The van der Waals surface area contributed by atoms with Crippen LogP contribution in [0.2, 0.25) is 0 Å². The Bertz CT molecular complexity index is 370. The average Bonchev–Trinajstić information content (AvgIpc) is 2.92. The zero-order chi connectivity index (χ0) is 11.7. The van der Waals surface area contributed by atoms with Crippen molar-refractivity contribution in [3.8, 4) is 0 Å². The van der Waals surface area contributed by atoms with Crippen molar-refractivity contribution in [3.05, 3.63) is 35.9 Å².